The Morgan fingerprint density at radius 3 is 2.30 bits per heavy atom. The fourth-order valence-corrected chi connectivity index (χ4v) is 1.98. The van der Waals surface area contributed by atoms with Gasteiger partial charge in [-0.1, -0.05) is 18.2 Å². The number of para-hydroxylation sites is 2. The molecule has 104 valence electrons. The van der Waals surface area contributed by atoms with E-state index < -0.39 is 22.6 Å². The zero-order valence-corrected chi connectivity index (χ0v) is 10.6. The van der Waals surface area contributed by atoms with Crippen LogP contribution in [0.5, 0.6) is 0 Å². The lowest BCUT2D eigenvalue weighted by Crippen LogP contribution is -2.12. The molecule has 1 atom stereocenters. The predicted molar refractivity (Wildman–Crippen MR) is 71.5 cm³/mol. The fraction of sp³-hybridized carbons (Fsp3) is 0.143. The lowest BCUT2D eigenvalue weighted by Gasteiger charge is -2.17. The van der Waals surface area contributed by atoms with E-state index in [0.717, 1.165) is 12.1 Å². The van der Waals surface area contributed by atoms with Gasteiger partial charge < -0.3 is 5.32 Å². The average Bonchev–Trinajstić information content (AvgIpc) is 2.38. The van der Waals surface area contributed by atoms with Crippen LogP contribution in [0.2, 0.25) is 0 Å². The topological polar surface area (TPSA) is 55.2 Å². The summed E-state index contributed by atoms with van der Waals surface area (Å²) in [6.07, 6.45) is 0. The molecule has 6 heteroatoms. The number of rotatable bonds is 4. The average molecular weight is 278 g/mol. The van der Waals surface area contributed by atoms with Crippen LogP contribution < -0.4 is 5.32 Å². The Bertz CT molecular complexity index is 627. The van der Waals surface area contributed by atoms with Gasteiger partial charge in [0.05, 0.1) is 11.0 Å². The second kappa shape index (κ2) is 5.64. The molecule has 0 aliphatic carbocycles. The highest BCUT2D eigenvalue weighted by molar-refractivity contribution is 5.62. The van der Waals surface area contributed by atoms with Gasteiger partial charge in [-0.3, -0.25) is 10.1 Å². The van der Waals surface area contributed by atoms with Gasteiger partial charge in [-0.25, -0.2) is 8.78 Å². The zero-order valence-electron chi connectivity index (χ0n) is 10.6. The molecule has 2 aromatic carbocycles. The minimum atomic E-state index is -0.739. The first-order chi connectivity index (χ1) is 9.50. The van der Waals surface area contributed by atoms with Gasteiger partial charge in [0.15, 0.2) is 0 Å². The molecule has 0 amide bonds. The van der Waals surface area contributed by atoms with E-state index in [-0.39, 0.29) is 16.9 Å². The highest BCUT2D eigenvalue weighted by atomic mass is 19.1. The van der Waals surface area contributed by atoms with E-state index in [1.807, 2.05) is 0 Å². The minimum absolute atomic E-state index is 0.143. The van der Waals surface area contributed by atoms with E-state index in [1.54, 1.807) is 6.07 Å². The third-order valence-corrected chi connectivity index (χ3v) is 2.91. The molecule has 4 nitrogen and oxygen atoms in total. The van der Waals surface area contributed by atoms with Crippen LogP contribution in [0.3, 0.4) is 0 Å². The number of benzene rings is 2. The van der Waals surface area contributed by atoms with Gasteiger partial charge in [0, 0.05) is 11.6 Å². The van der Waals surface area contributed by atoms with E-state index in [4.69, 9.17) is 0 Å². The lowest BCUT2D eigenvalue weighted by molar-refractivity contribution is -0.384. The van der Waals surface area contributed by atoms with Gasteiger partial charge >= 0.3 is 0 Å². The summed E-state index contributed by atoms with van der Waals surface area (Å²) in [6.45, 7) is 1.54. The number of nitrogens with one attached hydrogen (secondary N) is 1. The van der Waals surface area contributed by atoms with Crippen molar-refractivity contribution in [3.8, 4) is 0 Å². The number of hydrogen-bond donors (Lipinski definition) is 1. The number of nitro groups is 1. The Hall–Kier alpha value is -2.50. The second-order valence-corrected chi connectivity index (χ2v) is 4.28. The fourth-order valence-electron chi connectivity index (χ4n) is 1.98. The lowest BCUT2D eigenvalue weighted by atomic mass is 10.1. The van der Waals surface area contributed by atoms with Crippen molar-refractivity contribution in [2.24, 2.45) is 0 Å². The number of hydrogen-bond acceptors (Lipinski definition) is 3. The molecular weight excluding hydrogens is 266 g/mol. The highest BCUT2D eigenvalue weighted by Crippen LogP contribution is 2.29. The van der Waals surface area contributed by atoms with Crippen molar-refractivity contribution < 1.29 is 13.7 Å². The molecule has 0 heterocycles. The molecule has 0 aliphatic heterocycles. The van der Waals surface area contributed by atoms with Crippen LogP contribution >= 0.6 is 0 Å². The number of nitro benzene ring substituents is 1. The molecule has 0 aliphatic rings. The molecule has 0 saturated heterocycles. The molecule has 1 unspecified atom stereocenters. The van der Waals surface area contributed by atoms with Crippen LogP contribution in [0.4, 0.5) is 20.2 Å². The maximum Gasteiger partial charge on any atom is 0.292 e. The van der Waals surface area contributed by atoms with Crippen molar-refractivity contribution in [2.75, 3.05) is 5.32 Å². The SMILES string of the molecule is CC(Nc1ccccc1[N+](=O)[O-])c1c(F)cccc1F. The smallest absolute Gasteiger partial charge is 0.292 e. The Labute approximate surface area is 114 Å². The van der Waals surface area contributed by atoms with E-state index in [1.165, 1.54) is 31.2 Å². The highest BCUT2D eigenvalue weighted by Gasteiger charge is 2.19. The van der Waals surface area contributed by atoms with Crippen molar-refractivity contribution in [2.45, 2.75) is 13.0 Å². The molecule has 1 N–H and O–H groups in total. The largest absolute Gasteiger partial charge is 0.373 e. The number of nitrogens with zero attached hydrogens (tertiary/aromatic N) is 1. The van der Waals surface area contributed by atoms with Crippen molar-refractivity contribution in [1.82, 2.24) is 0 Å². The van der Waals surface area contributed by atoms with Gasteiger partial charge in [-0.2, -0.15) is 0 Å². The van der Waals surface area contributed by atoms with Crippen molar-refractivity contribution in [1.29, 1.82) is 0 Å². The third kappa shape index (κ3) is 2.74. The molecule has 0 radical (unpaired) electrons. The summed E-state index contributed by atoms with van der Waals surface area (Å²) in [5, 5.41) is 13.7. The van der Waals surface area contributed by atoms with Crippen LogP contribution in [0, 0.1) is 21.7 Å². The monoisotopic (exact) mass is 278 g/mol. The summed E-state index contributed by atoms with van der Waals surface area (Å²) in [4.78, 5) is 10.3. The van der Waals surface area contributed by atoms with Gasteiger partial charge in [-0.15, -0.1) is 0 Å². The van der Waals surface area contributed by atoms with Crippen molar-refractivity contribution in [3.05, 3.63) is 69.8 Å². The van der Waals surface area contributed by atoms with Crippen LogP contribution in [0.25, 0.3) is 0 Å². The van der Waals surface area contributed by atoms with Gasteiger partial charge in [-0.05, 0) is 25.1 Å². The summed E-state index contributed by atoms with van der Waals surface area (Å²) in [7, 11) is 0. The van der Waals surface area contributed by atoms with Crippen LogP contribution in [0.1, 0.15) is 18.5 Å². The van der Waals surface area contributed by atoms with Gasteiger partial charge in [0.25, 0.3) is 5.69 Å². The summed E-state index contributed by atoms with van der Waals surface area (Å²) in [6, 6.07) is 8.78. The van der Waals surface area contributed by atoms with E-state index in [9.17, 15) is 18.9 Å². The molecule has 0 aromatic heterocycles. The minimum Gasteiger partial charge on any atom is -0.373 e. The standard InChI is InChI=1S/C14H12F2N2O2/c1-9(14-10(15)5-4-6-11(14)16)17-12-7-2-3-8-13(12)18(19)20/h2-9,17H,1H3. The predicted octanol–water partition coefficient (Wildman–Crippen LogP) is 4.05. The first-order valence-corrected chi connectivity index (χ1v) is 5.94. The first kappa shape index (κ1) is 13.9. The maximum absolute atomic E-state index is 13.6. The summed E-state index contributed by atoms with van der Waals surface area (Å²) in [5.41, 5.74) is -0.0746. The van der Waals surface area contributed by atoms with E-state index in [2.05, 4.69) is 5.32 Å². The normalized spacial score (nSPS) is 11.9. The summed E-state index contributed by atoms with van der Waals surface area (Å²) in [5.74, 6) is -1.38. The molecule has 0 saturated carbocycles. The molecule has 2 rings (SSSR count). The second-order valence-electron chi connectivity index (χ2n) is 4.28. The zero-order chi connectivity index (χ0) is 14.7. The Balaban J connectivity index is 2.33. The molecule has 0 bridgehead atoms. The molecule has 0 fully saturated rings. The van der Waals surface area contributed by atoms with Crippen molar-refractivity contribution in [3.63, 3.8) is 0 Å². The Morgan fingerprint density at radius 2 is 1.70 bits per heavy atom. The van der Waals surface area contributed by atoms with Crippen molar-refractivity contribution >= 4 is 11.4 Å². The number of halogens is 2. The quantitative estimate of drug-likeness (QED) is 0.678. The van der Waals surface area contributed by atoms with Gasteiger partial charge in [0.1, 0.15) is 17.3 Å². The molecule has 20 heavy (non-hydrogen) atoms. The first-order valence-electron chi connectivity index (χ1n) is 5.94. The van der Waals surface area contributed by atoms with Crippen LogP contribution in [-0.4, -0.2) is 4.92 Å². The maximum atomic E-state index is 13.6. The van der Waals surface area contributed by atoms with Crippen LogP contribution in [0.15, 0.2) is 42.5 Å². The molecule has 2 aromatic rings. The van der Waals surface area contributed by atoms with Crippen LogP contribution in [-0.2, 0) is 0 Å². The third-order valence-electron chi connectivity index (χ3n) is 2.91. The Morgan fingerprint density at radius 1 is 1.10 bits per heavy atom. The molecule has 0 spiro atoms. The van der Waals surface area contributed by atoms with E-state index >= 15 is 0 Å². The molecular formula is C14H12F2N2O2. The van der Waals surface area contributed by atoms with Gasteiger partial charge in [0.2, 0.25) is 0 Å². The van der Waals surface area contributed by atoms with E-state index in [0.29, 0.717) is 0 Å². The Kier molecular flexibility index (Phi) is 3.93. The summed E-state index contributed by atoms with van der Waals surface area (Å²) >= 11 is 0. The summed E-state index contributed by atoms with van der Waals surface area (Å²) < 4.78 is 27.3. The number of anilines is 1.